The van der Waals surface area contributed by atoms with Crippen LogP contribution in [0.25, 0.3) is 0 Å². The zero-order chi connectivity index (χ0) is 13.0. The molecule has 1 aromatic rings. The summed E-state index contributed by atoms with van der Waals surface area (Å²) in [6.07, 6.45) is 6.09. The van der Waals surface area contributed by atoms with Crippen LogP contribution in [0, 0.1) is 0 Å². The summed E-state index contributed by atoms with van der Waals surface area (Å²) >= 11 is 6.78. The minimum Gasteiger partial charge on any atom is -0.334 e. The van der Waals surface area contributed by atoms with Gasteiger partial charge in [-0.2, -0.15) is 0 Å². The number of carbonyl (C=O) groups excluding carboxylic acids is 1. The van der Waals surface area contributed by atoms with Gasteiger partial charge in [0, 0.05) is 28.6 Å². The largest absolute Gasteiger partial charge is 0.334 e. The third-order valence-electron chi connectivity index (χ3n) is 3.26. The van der Waals surface area contributed by atoms with Gasteiger partial charge in [0.05, 0.1) is 0 Å². The number of rotatable bonds is 4. The lowest BCUT2D eigenvalue weighted by Crippen LogP contribution is -2.36. The number of nitrogens with zero attached hydrogens (tertiary/aromatic N) is 2. The molecule has 1 unspecified atom stereocenters. The summed E-state index contributed by atoms with van der Waals surface area (Å²) in [5.41, 5.74) is 0.545. The van der Waals surface area contributed by atoms with E-state index in [1.807, 2.05) is 11.0 Å². The van der Waals surface area contributed by atoms with Crippen molar-refractivity contribution in [3.05, 3.63) is 28.5 Å². The van der Waals surface area contributed by atoms with Gasteiger partial charge in [0.1, 0.15) is 5.69 Å². The molecule has 0 saturated carbocycles. The van der Waals surface area contributed by atoms with Crippen LogP contribution in [0.2, 0.25) is 0 Å². The monoisotopic (exact) mass is 374 g/mol. The van der Waals surface area contributed by atoms with E-state index >= 15 is 0 Å². The Bertz CT molecular complexity index is 408. The first-order valence-electron chi connectivity index (χ1n) is 6.21. The Balaban J connectivity index is 2.05. The van der Waals surface area contributed by atoms with E-state index in [0.717, 1.165) is 42.0 Å². The molecule has 2 heterocycles. The molecule has 1 aliphatic heterocycles. The van der Waals surface area contributed by atoms with Gasteiger partial charge in [0.15, 0.2) is 0 Å². The average molecular weight is 376 g/mol. The summed E-state index contributed by atoms with van der Waals surface area (Å²) in [6, 6.07) is 4.04. The van der Waals surface area contributed by atoms with E-state index in [9.17, 15) is 4.79 Å². The van der Waals surface area contributed by atoms with Crippen LogP contribution in [0.5, 0.6) is 0 Å². The predicted octanol–water partition coefficient (Wildman–Crippen LogP) is 3.62. The highest BCUT2D eigenvalue weighted by Crippen LogP contribution is 2.23. The lowest BCUT2D eigenvalue weighted by molar-refractivity contribution is 0.0724. The minimum atomic E-state index is 0.0690. The van der Waals surface area contributed by atoms with Crippen molar-refractivity contribution in [2.75, 3.05) is 11.9 Å². The number of amides is 1. The second-order valence-electron chi connectivity index (χ2n) is 4.49. The molecule has 1 aliphatic rings. The standard InChI is InChI=1S/C13H16Br2N2O/c14-7-1-3-11-4-2-8-17(11)13(18)12-6-5-10(15)9-16-12/h5-6,9,11H,1-4,7-8H2. The topological polar surface area (TPSA) is 33.2 Å². The summed E-state index contributed by atoms with van der Waals surface area (Å²) < 4.78 is 0.899. The van der Waals surface area contributed by atoms with E-state index in [2.05, 4.69) is 36.8 Å². The molecule has 1 atom stereocenters. The number of hydrogen-bond acceptors (Lipinski definition) is 2. The molecule has 1 amide bonds. The van der Waals surface area contributed by atoms with E-state index < -0.39 is 0 Å². The normalized spacial score (nSPS) is 19.2. The Hall–Kier alpha value is -0.420. The molecular formula is C13H16Br2N2O. The van der Waals surface area contributed by atoms with Crippen molar-refractivity contribution in [1.29, 1.82) is 0 Å². The summed E-state index contributed by atoms with van der Waals surface area (Å²) in [5, 5.41) is 1.00. The van der Waals surface area contributed by atoms with Crippen molar-refractivity contribution in [3.63, 3.8) is 0 Å². The highest BCUT2D eigenvalue weighted by molar-refractivity contribution is 9.10. The van der Waals surface area contributed by atoms with Crippen LogP contribution in [0.4, 0.5) is 0 Å². The van der Waals surface area contributed by atoms with Gasteiger partial charge in [-0.1, -0.05) is 15.9 Å². The predicted molar refractivity (Wildman–Crippen MR) is 79.0 cm³/mol. The Kier molecular flexibility index (Phi) is 5.18. The number of pyridine rings is 1. The second kappa shape index (κ2) is 6.66. The van der Waals surface area contributed by atoms with Gasteiger partial charge in [-0.25, -0.2) is 4.98 Å². The van der Waals surface area contributed by atoms with Crippen molar-refractivity contribution in [3.8, 4) is 0 Å². The molecule has 98 valence electrons. The van der Waals surface area contributed by atoms with Crippen LogP contribution in [0.15, 0.2) is 22.8 Å². The number of aromatic nitrogens is 1. The van der Waals surface area contributed by atoms with Crippen LogP contribution in [-0.4, -0.2) is 33.7 Å². The maximum atomic E-state index is 12.4. The molecule has 0 aromatic carbocycles. The Morgan fingerprint density at radius 1 is 1.50 bits per heavy atom. The van der Waals surface area contributed by atoms with Crippen molar-refractivity contribution < 1.29 is 4.79 Å². The Labute approximate surface area is 124 Å². The number of carbonyl (C=O) groups is 1. The molecule has 1 saturated heterocycles. The molecule has 0 radical (unpaired) electrons. The third-order valence-corrected chi connectivity index (χ3v) is 4.29. The van der Waals surface area contributed by atoms with Crippen molar-refractivity contribution in [1.82, 2.24) is 9.88 Å². The Morgan fingerprint density at radius 3 is 3.00 bits per heavy atom. The van der Waals surface area contributed by atoms with Crippen LogP contribution >= 0.6 is 31.9 Å². The van der Waals surface area contributed by atoms with Crippen LogP contribution in [-0.2, 0) is 0 Å². The molecule has 0 N–H and O–H groups in total. The van der Waals surface area contributed by atoms with Gasteiger partial charge in [0.2, 0.25) is 0 Å². The maximum absolute atomic E-state index is 12.4. The fraction of sp³-hybridized carbons (Fsp3) is 0.538. The van der Waals surface area contributed by atoms with E-state index in [1.165, 1.54) is 0 Å². The molecule has 5 heteroatoms. The van der Waals surface area contributed by atoms with Gasteiger partial charge in [-0.05, 0) is 53.7 Å². The van der Waals surface area contributed by atoms with Crippen molar-refractivity contribution in [2.45, 2.75) is 31.7 Å². The summed E-state index contributed by atoms with van der Waals surface area (Å²) in [7, 11) is 0. The fourth-order valence-electron chi connectivity index (χ4n) is 2.37. The SMILES string of the molecule is O=C(c1ccc(Br)cn1)N1CCCC1CCCBr. The second-order valence-corrected chi connectivity index (χ2v) is 6.20. The highest BCUT2D eigenvalue weighted by Gasteiger charge is 2.29. The quantitative estimate of drug-likeness (QED) is 0.753. The van der Waals surface area contributed by atoms with E-state index in [1.54, 1.807) is 12.3 Å². The first kappa shape index (κ1) is 14.0. The lowest BCUT2D eigenvalue weighted by atomic mass is 10.1. The molecule has 0 aliphatic carbocycles. The molecule has 1 fully saturated rings. The molecule has 18 heavy (non-hydrogen) atoms. The van der Waals surface area contributed by atoms with Crippen LogP contribution in [0.3, 0.4) is 0 Å². The Morgan fingerprint density at radius 2 is 2.33 bits per heavy atom. The van der Waals surface area contributed by atoms with Gasteiger partial charge < -0.3 is 4.90 Å². The first-order valence-corrected chi connectivity index (χ1v) is 8.12. The van der Waals surface area contributed by atoms with E-state index in [4.69, 9.17) is 0 Å². The minimum absolute atomic E-state index is 0.0690. The van der Waals surface area contributed by atoms with E-state index in [0.29, 0.717) is 11.7 Å². The van der Waals surface area contributed by atoms with Gasteiger partial charge in [0.25, 0.3) is 5.91 Å². The molecule has 1 aromatic heterocycles. The third kappa shape index (κ3) is 3.32. The number of likely N-dealkylation sites (tertiary alicyclic amines) is 1. The first-order chi connectivity index (χ1) is 8.72. The van der Waals surface area contributed by atoms with Gasteiger partial charge in [-0.15, -0.1) is 0 Å². The highest BCUT2D eigenvalue weighted by atomic mass is 79.9. The van der Waals surface area contributed by atoms with Crippen LogP contribution < -0.4 is 0 Å². The zero-order valence-electron chi connectivity index (χ0n) is 10.1. The summed E-state index contributed by atoms with van der Waals surface area (Å²) in [6.45, 7) is 0.865. The zero-order valence-corrected chi connectivity index (χ0v) is 13.3. The smallest absolute Gasteiger partial charge is 0.272 e. The molecule has 2 rings (SSSR count). The molecule has 3 nitrogen and oxygen atoms in total. The van der Waals surface area contributed by atoms with Gasteiger partial charge in [-0.3, -0.25) is 4.79 Å². The van der Waals surface area contributed by atoms with E-state index in [-0.39, 0.29) is 5.91 Å². The number of alkyl halides is 1. The lowest BCUT2D eigenvalue weighted by Gasteiger charge is -2.24. The summed E-state index contributed by atoms with van der Waals surface area (Å²) in [4.78, 5) is 18.5. The summed E-state index contributed by atoms with van der Waals surface area (Å²) in [5.74, 6) is 0.0690. The van der Waals surface area contributed by atoms with Crippen molar-refractivity contribution in [2.24, 2.45) is 0 Å². The fourth-order valence-corrected chi connectivity index (χ4v) is 2.92. The van der Waals surface area contributed by atoms with Crippen LogP contribution in [0.1, 0.15) is 36.2 Å². The average Bonchev–Trinajstić information content (AvgIpc) is 2.84. The number of hydrogen-bond donors (Lipinski definition) is 0. The van der Waals surface area contributed by atoms with Crippen molar-refractivity contribution >= 4 is 37.8 Å². The number of halogens is 2. The molecular weight excluding hydrogens is 360 g/mol. The van der Waals surface area contributed by atoms with Gasteiger partial charge >= 0.3 is 0 Å². The molecule has 0 spiro atoms. The molecule has 0 bridgehead atoms. The maximum Gasteiger partial charge on any atom is 0.272 e.